The third-order valence-electron chi connectivity index (χ3n) is 1.54. The molecule has 0 aliphatic carbocycles. The molecule has 0 aliphatic heterocycles. The Morgan fingerprint density at radius 2 is 2.08 bits per heavy atom. The van der Waals surface area contributed by atoms with Crippen molar-refractivity contribution in [3.05, 3.63) is 12.7 Å². The maximum absolute atomic E-state index is 8.25. The molecule has 0 aromatic rings. The minimum Gasteiger partial charge on any atom is -0.381 e. The third-order valence-corrected chi connectivity index (χ3v) is 1.54. The average molecular weight is 167 g/mol. The standard InChI is InChI=1S/C10H17NO/c1-2-3-9-12-10-7-5-4-6-8-11/h2H,1,3-7,9-10H2. The van der Waals surface area contributed by atoms with Crippen molar-refractivity contribution < 1.29 is 4.74 Å². The molecule has 2 heteroatoms. The van der Waals surface area contributed by atoms with Gasteiger partial charge in [-0.3, -0.25) is 0 Å². The molecule has 0 saturated heterocycles. The molecular weight excluding hydrogens is 150 g/mol. The molecule has 0 radical (unpaired) electrons. The Hall–Kier alpha value is -0.810. The van der Waals surface area contributed by atoms with E-state index < -0.39 is 0 Å². The quantitative estimate of drug-likeness (QED) is 0.411. The van der Waals surface area contributed by atoms with Gasteiger partial charge in [-0.2, -0.15) is 5.26 Å². The second kappa shape index (κ2) is 10.2. The molecule has 0 saturated carbocycles. The topological polar surface area (TPSA) is 33.0 Å². The lowest BCUT2D eigenvalue weighted by Gasteiger charge is -2.00. The summed E-state index contributed by atoms with van der Waals surface area (Å²) < 4.78 is 5.30. The van der Waals surface area contributed by atoms with Crippen LogP contribution in [0.4, 0.5) is 0 Å². The van der Waals surface area contributed by atoms with E-state index >= 15 is 0 Å². The Balaban J connectivity index is 2.82. The first-order chi connectivity index (χ1) is 5.91. The molecule has 0 fully saturated rings. The van der Waals surface area contributed by atoms with Crippen LogP contribution < -0.4 is 0 Å². The van der Waals surface area contributed by atoms with Gasteiger partial charge < -0.3 is 4.74 Å². The normalized spacial score (nSPS) is 9.25. The molecule has 0 rings (SSSR count). The molecule has 0 spiro atoms. The zero-order valence-corrected chi connectivity index (χ0v) is 7.59. The minimum atomic E-state index is 0.673. The second-order valence-corrected chi connectivity index (χ2v) is 2.66. The van der Waals surface area contributed by atoms with E-state index in [0.717, 1.165) is 38.9 Å². The maximum atomic E-state index is 8.25. The molecule has 0 atom stereocenters. The number of ether oxygens (including phenoxy) is 1. The SMILES string of the molecule is C=CCCOCCCCCC#N. The molecule has 0 N–H and O–H groups in total. The molecule has 0 heterocycles. The lowest BCUT2D eigenvalue weighted by molar-refractivity contribution is 0.134. The van der Waals surface area contributed by atoms with Crippen molar-refractivity contribution >= 4 is 0 Å². The van der Waals surface area contributed by atoms with E-state index in [0.29, 0.717) is 6.42 Å². The van der Waals surface area contributed by atoms with E-state index in [1.807, 2.05) is 6.08 Å². The van der Waals surface area contributed by atoms with Crippen molar-refractivity contribution in [2.75, 3.05) is 13.2 Å². The van der Waals surface area contributed by atoms with Crippen molar-refractivity contribution in [2.24, 2.45) is 0 Å². The predicted molar refractivity (Wildman–Crippen MR) is 49.7 cm³/mol. The van der Waals surface area contributed by atoms with E-state index in [1.54, 1.807) is 0 Å². The molecule has 68 valence electrons. The van der Waals surface area contributed by atoms with Crippen molar-refractivity contribution in [1.29, 1.82) is 5.26 Å². The first-order valence-corrected chi connectivity index (χ1v) is 4.47. The van der Waals surface area contributed by atoms with Crippen molar-refractivity contribution in [1.82, 2.24) is 0 Å². The average Bonchev–Trinajstić information content (AvgIpc) is 2.10. The Morgan fingerprint density at radius 1 is 1.25 bits per heavy atom. The van der Waals surface area contributed by atoms with E-state index in [2.05, 4.69) is 12.6 Å². The van der Waals surface area contributed by atoms with Crippen LogP contribution in [-0.4, -0.2) is 13.2 Å². The summed E-state index contributed by atoms with van der Waals surface area (Å²) in [6, 6.07) is 2.12. The van der Waals surface area contributed by atoms with Gasteiger partial charge in [0.2, 0.25) is 0 Å². The number of unbranched alkanes of at least 4 members (excludes halogenated alkanes) is 3. The monoisotopic (exact) mass is 167 g/mol. The van der Waals surface area contributed by atoms with Gasteiger partial charge in [-0.05, 0) is 19.3 Å². The lowest BCUT2D eigenvalue weighted by Crippen LogP contribution is -1.95. The Labute approximate surface area is 74.8 Å². The predicted octanol–water partition coefficient (Wildman–Crippen LogP) is 2.66. The van der Waals surface area contributed by atoms with Gasteiger partial charge in [0.1, 0.15) is 0 Å². The highest BCUT2D eigenvalue weighted by Gasteiger charge is 1.88. The van der Waals surface area contributed by atoms with Gasteiger partial charge in [-0.1, -0.05) is 12.5 Å². The van der Waals surface area contributed by atoms with Gasteiger partial charge in [-0.15, -0.1) is 6.58 Å². The molecule has 0 amide bonds. The fraction of sp³-hybridized carbons (Fsp3) is 0.700. The van der Waals surface area contributed by atoms with E-state index in [1.165, 1.54) is 0 Å². The van der Waals surface area contributed by atoms with Gasteiger partial charge in [0.15, 0.2) is 0 Å². The molecule has 2 nitrogen and oxygen atoms in total. The highest BCUT2D eigenvalue weighted by Crippen LogP contribution is 1.98. The summed E-state index contributed by atoms with van der Waals surface area (Å²) in [7, 11) is 0. The minimum absolute atomic E-state index is 0.673. The van der Waals surface area contributed by atoms with Crippen LogP contribution >= 0.6 is 0 Å². The van der Waals surface area contributed by atoms with Gasteiger partial charge in [0, 0.05) is 19.6 Å². The van der Waals surface area contributed by atoms with Crippen LogP contribution in [0.2, 0.25) is 0 Å². The highest BCUT2D eigenvalue weighted by atomic mass is 16.5. The molecule has 0 aromatic carbocycles. The number of hydrogen-bond acceptors (Lipinski definition) is 2. The molecule has 0 unspecified atom stereocenters. The van der Waals surface area contributed by atoms with Crippen LogP contribution in [0.25, 0.3) is 0 Å². The summed E-state index contributed by atoms with van der Waals surface area (Å²) in [4.78, 5) is 0. The summed E-state index contributed by atoms with van der Waals surface area (Å²) in [6.07, 6.45) is 6.63. The smallest absolute Gasteiger partial charge is 0.0621 e. The van der Waals surface area contributed by atoms with Crippen LogP contribution in [0, 0.1) is 11.3 Å². The Kier molecular flexibility index (Phi) is 9.50. The van der Waals surface area contributed by atoms with E-state index in [9.17, 15) is 0 Å². The Morgan fingerprint density at radius 3 is 2.75 bits per heavy atom. The van der Waals surface area contributed by atoms with Crippen LogP contribution in [0.3, 0.4) is 0 Å². The molecule has 12 heavy (non-hydrogen) atoms. The van der Waals surface area contributed by atoms with Gasteiger partial charge >= 0.3 is 0 Å². The number of nitrogens with zero attached hydrogens (tertiary/aromatic N) is 1. The van der Waals surface area contributed by atoms with Crippen molar-refractivity contribution in [3.8, 4) is 6.07 Å². The third kappa shape index (κ3) is 9.19. The van der Waals surface area contributed by atoms with E-state index in [4.69, 9.17) is 10.00 Å². The largest absolute Gasteiger partial charge is 0.381 e. The van der Waals surface area contributed by atoms with Crippen molar-refractivity contribution in [3.63, 3.8) is 0 Å². The maximum Gasteiger partial charge on any atom is 0.0621 e. The van der Waals surface area contributed by atoms with Gasteiger partial charge in [0.05, 0.1) is 6.07 Å². The van der Waals surface area contributed by atoms with Crippen LogP contribution in [-0.2, 0) is 4.74 Å². The summed E-state index contributed by atoms with van der Waals surface area (Å²) in [6.45, 7) is 5.20. The number of nitriles is 1. The van der Waals surface area contributed by atoms with Gasteiger partial charge in [0.25, 0.3) is 0 Å². The highest BCUT2D eigenvalue weighted by molar-refractivity contribution is 4.67. The summed E-state index contributed by atoms with van der Waals surface area (Å²) >= 11 is 0. The summed E-state index contributed by atoms with van der Waals surface area (Å²) in [5, 5.41) is 8.25. The van der Waals surface area contributed by atoms with Crippen molar-refractivity contribution in [2.45, 2.75) is 32.1 Å². The zero-order valence-electron chi connectivity index (χ0n) is 7.59. The molecule has 0 bridgehead atoms. The zero-order chi connectivity index (χ0) is 9.07. The fourth-order valence-corrected chi connectivity index (χ4v) is 0.854. The fourth-order valence-electron chi connectivity index (χ4n) is 0.854. The van der Waals surface area contributed by atoms with Crippen LogP contribution in [0.5, 0.6) is 0 Å². The molecular formula is C10H17NO. The molecule has 0 aromatic heterocycles. The van der Waals surface area contributed by atoms with Crippen LogP contribution in [0.1, 0.15) is 32.1 Å². The summed E-state index contributed by atoms with van der Waals surface area (Å²) in [5.41, 5.74) is 0. The van der Waals surface area contributed by atoms with Gasteiger partial charge in [-0.25, -0.2) is 0 Å². The van der Waals surface area contributed by atoms with Crippen LogP contribution in [0.15, 0.2) is 12.7 Å². The number of rotatable bonds is 8. The lowest BCUT2D eigenvalue weighted by atomic mass is 10.2. The van der Waals surface area contributed by atoms with E-state index in [-0.39, 0.29) is 0 Å². The molecule has 0 aliphatic rings. The summed E-state index contributed by atoms with van der Waals surface area (Å²) in [5.74, 6) is 0. The first kappa shape index (κ1) is 11.2. The first-order valence-electron chi connectivity index (χ1n) is 4.47. The number of hydrogen-bond donors (Lipinski definition) is 0. The Bertz CT molecular complexity index is 137. The second-order valence-electron chi connectivity index (χ2n) is 2.66.